The molecular formula is C30H37N5O4S. The van der Waals surface area contributed by atoms with E-state index in [9.17, 15) is 19.5 Å². The maximum Gasteiger partial charge on any atom is 0.328 e. The van der Waals surface area contributed by atoms with E-state index in [0.717, 1.165) is 36.9 Å². The minimum absolute atomic E-state index is 0.000107. The summed E-state index contributed by atoms with van der Waals surface area (Å²) >= 11 is 1.53. The zero-order chi connectivity index (χ0) is 28.1. The number of nitrogens with zero attached hydrogens (tertiary/aromatic N) is 4. The number of carbonyl (C=O) groups is 3. The van der Waals surface area contributed by atoms with Crippen LogP contribution in [0.5, 0.6) is 0 Å². The van der Waals surface area contributed by atoms with E-state index in [-0.39, 0.29) is 31.2 Å². The second-order valence-corrected chi connectivity index (χ2v) is 11.6. The van der Waals surface area contributed by atoms with Crippen molar-refractivity contribution in [2.45, 2.75) is 57.0 Å². The van der Waals surface area contributed by atoms with Crippen LogP contribution in [0.4, 0.5) is 0 Å². The summed E-state index contributed by atoms with van der Waals surface area (Å²) < 4.78 is 1.44. The fourth-order valence-electron chi connectivity index (χ4n) is 5.44. The zero-order valence-electron chi connectivity index (χ0n) is 22.9. The van der Waals surface area contributed by atoms with Crippen molar-refractivity contribution in [2.75, 3.05) is 36.7 Å². The minimum Gasteiger partial charge on any atom is -0.480 e. The standard InChI is InChI=1S/C30H37N5O4S/c1-40-13-10-27(30(38)39)35(34-19-25(32-20-34)16-28(36)33-11-4-5-12-33)29(37)18-31-17-24-15-23(21-8-9-21)14-22-6-2-3-7-26(22)24/h2-3,6-7,14-15,19-21,27,31H,4-5,8-13,16-18H2,1H3,(H,38,39)/t27-/m0/s1. The molecule has 9 nitrogen and oxygen atoms in total. The van der Waals surface area contributed by atoms with Crippen molar-refractivity contribution in [3.63, 3.8) is 0 Å². The molecule has 1 saturated carbocycles. The lowest BCUT2D eigenvalue weighted by molar-refractivity contribution is -0.141. The van der Waals surface area contributed by atoms with Crippen molar-refractivity contribution >= 4 is 40.3 Å². The van der Waals surface area contributed by atoms with Gasteiger partial charge in [-0.3, -0.25) is 9.59 Å². The van der Waals surface area contributed by atoms with Crippen LogP contribution >= 0.6 is 11.8 Å². The molecule has 3 aromatic rings. The first-order valence-electron chi connectivity index (χ1n) is 14.0. The van der Waals surface area contributed by atoms with Crippen LogP contribution in [0.15, 0.2) is 48.9 Å². The summed E-state index contributed by atoms with van der Waals surface area (Å²) in [7, 11) is 0. The molecule has 1 aliphatic heterocycles. The predicted octanol–water partition coefficient (Wildman–Crippen LogP) is 3.54. The first-order valence-corrected chi connectivity index (χ1v) is 15.4. The van der Waals surface area contributed by atoms with Gasteiger partial charge in [0.05, 0.1) is 24.9 Å². The molecule has 1 saturated heterocycles. The van der Waals surface area contributed by atoms with Gasteiger partial charge in [-0.15, -0.1) is 0 Å². The normalized spacial score (nSPS) is 15.9. The van der Waals surface area contributed by atoms with Gasteiger partial charge in [0.1, 0.15) is 6.33 Å². The highest BCUT2D eigenvalue weighted by Crippen LogP contribution is 2.41. The Labute approximate surface area is 238 Å². The van der Waals surface area contributed by atoms with E-state index < -0.39 is 12.0 Å². The molecule has 212 valence electrons. The third-order valence-electron chi connectivity index (χ3n) is 7.70. The zero-order valence-corrected chi connectivity index (χ0v) is 23.7. The smallest absolute Gasteiger partial charge is 0.328 e. The lowest BCUT2D eigenvalue weighted by atomic mass is 9.98. The number of rotatable bonds is 13. The fourth-order valence-corrected chi connectivity index (χ4v) is 5.90. The molecule has 2 heterocycles. The SMILES string of the molecule is CSCC[C@@H](C(=O)O)N(C(=O)CNCc1cc(C2CC2)cc2ccccc12)n1cnc(CC(=O)N2CCCC2)c1. The van der Waals surface area contributed by atoms with Crippen LogP contribution in [-0.2, 0) is 27.3 Å². The van der Waals surface area contributed by atoms with Crippen LogP contribution in [0.2, 0.25) is 0 Å². The maximum absolute atomic E-state index is 13.6. The number of amides is 2. The molecule has 0 radical (unpaired) electrons. The van der Waals surface area contributed by atoms with Gasteiger partial charge in [-0.1, -0.05) is 36.4 Å². The monoisotopic (exact) mass is 563 g/mol. The van der Waals surface area contributed by atoms with Crippen LogP contribution in [0.1, 0.15) is 54.8 Å². The predicted molar refractivity (Wildman–Crippen MR) is 157 cm³/mol. The minimum atomic E-state index is -1.08. The number of aliphatic carboxylic acids is 1. The number of benzene rings is 2. The van der Waals surface area contributed by atoms with Gasteiger partial charge in [-0.2, -0.15) is 11.8 Å². The summed E-state index contributed by atoms with van der Waals surface area (Å²) in [6.45, 7) is 1.96. The van der Waals surface area contributed by atoms with Crippen molar-refractivity contribution in [3.05, 3.63) is 65.7 Å². The Morgan fingerprint density at radius 1 is 1.18 bits per heavy atom. The van der Waals surface area contributed by atoms with E-state index in [2.05, 4.69) is 34.6 Å². The Balaban J connectivity index is 1.32. The number of fused-ring (bicyclic) bond motifs is 1. The number of likely N-dealkylation sites (tertiary alicyclic amines) is 1. The lowest BCUT2D eigenvalue weighted by Gasteiger charge is -2.29. The Kier molecular flexibility index (Phi) is 9.06. The van der Waals surface area contributed by atoms with Crippen molar-refractivity contribution in [2.24, 2.45) is 0 Å². The van der Waals surface area contributed by atoms with Gasteiger partial charge >= 0.3 is 5.97 Å². The molecule has 10 heteroatoms. The van der Waals surface area contributed by atoms with Crippen molar-refractivity contribution < 1.29 is 19.5 Å². The Morgan fingerprint density at radius 2 is 1.95 bits per heavy atom. The average molecular weight is 564 g/mol. The summed E-state index contributed by atoms with van der Waals surface area (Å²) in [6.07, 6.45) is 9.80. The van der Waals surface area contributed by atoms with Gasteiger partial charge in [0.25, 0.3) is 5.91 Å². The second-order valence-electron chi connectivity index (χ2n) is 10.7. The number of imidazole rings is 1. The van der Waals surface area contributed by atoms with Gasteiger partial charge in [-0.05, 0) is 71.9 Å². The van der Waals surface area contributed by atoms with Gasteiger partial charge in [0.15, 0.2) is 6.04 Å². The average Bonchev–Trinajstić information content (AvgIpc) is 3.45. The third kappa shape index (κ3) is 6.67. The van der Waals surface area contributed by atoms with Crippen LogP contribution in [0.25, 0.3) is 10.8 Å². The summed E-state index contributed by atoms with van der Waals surface area (Å²) in [4.78, 5) is 44.7. The fraction of sp³-hybridized carbons (Fsp3) is 0.467. The molecule has 0 bridgehead atoms. The summed E-state index contributed by atoms with van der Waals surface area (Å²) in [5.74, 6) is -0.246. The molecule has 0 spiro atoms. The highest BCUT2D eigenvalue weighted by molar-refractivity contribution is 7.98. The number of carbonyl (C=O) groups excluding carboxylic acids is 2. The second kappa shape index (κ2) is 12.9. The first-order chi connectivity index (χ1) is 19.4. The summed E-state index contributed by atoms with van der Waals surface area (Å²) in [5.41, 5.74) is 2.97. The Bertz CT molecular complexity index is 1370. The molecule has 1 aliphatic carbocycles. The number of nitrogens with one attached hydrogen (secondary N) is 1. The number of carboxylic acids is 1. The molecule has 2 aromatic carbocycles. The van der Waals surface area contributed by atoms with Gasteiger partial charge < -0.3 is 15.3 Å². The van der Waals surface area contributed by atoms with E-state index in [0.29, 0.717) is 23.9 Å². The van der Waals surface area contributed by atoms with E-state index >= 15 is 0 Å². The highest BCUT2D eigenvalue weighted by atomic mass is 32.2. The number of thioether (sulfide) groups is 1. The third-order valence-corrected chi connectivity index (χ3v) is 8.35. The topological polar surface area (TPSA) is 108 Å². The van der Waals surface area contributed by atoms with Crippen LogP contribution in [-0.4, -0.2) is 75.1 Å². The van der Waals surface area contributed by atoms with Crippen LogP contribution < -0.4 is 10.3 Å². The number of aromatic nitrogens is 2. The quantitative estimate of drug-likeness (QED) is 0.328. The number of hydrogen-bond donors (Lipinski definition) is 2. The molecular weight excluding hydrogens is 526 g/mol. The van der Waals surface area contributed by atoms with E-state index in [1.807, 2.05) is 23.3 Å². The highest BCUT2D eigenvalue weighted by Gasteiger charge is 2.31. The first kappa shape index (κ1) is 28.2. The number of carboxylic acid groups (broad SMARTS) is 1. The summed E-state index contributed by atoms with van der Waals surface area (Å²) in [5, 5.41) is 16.9. The molecule has 1 atom stereocenters. The van der Waals surface area contributed by atoms with Gasteiger partial charge in [-0.25, -0.2) is 19.5 Å². The molecule has 2 N–H and O–H groups in total. The van der Waals surface area contributed by atoms with E-state index in [1.165, 1.54) is 51.6 Å². The Morgan fingerprint density at radius 3 is 2.67 bits per heavy atom. The molecule has 2 amide bonds. The largest absolute Gasteiger partial charge is 0.480 e. The van der Waals surface area contributed by atoms with Crippen molar-refractivity contribution in [3.8, 4) is 0 Å². The van der Waals surface area contributed by atoms with Crippen LogP contribution in [0, 0.1) is 0 Å². The van der Waals surface area contributed by atoms with E-state index in [4.69, 9.17) is 0 Å². The molecule has 40 heavy (non-hydrogen) atoms. The molecule has 5 rings (SSSR count). The van der Waals surface area contributed by atoms with Gasteiger partial charge in [0.2, 0.25) is 5.91 Å². The molecule has 2 fully saturated rings. The lowest BCUT2D eigenvalue weighted by Crippen LogP contribution is -2.54. The maximum atomic E-state index is 13.6. The molecule has 2 aliphatic rings. The van der Waals surface area contributed by atoms with Gasteiger partial charge in [0, 0.05) is 19.6 Å². The molecule has 1 aromatic heterocycles. The number of hydrogen-bond acceptors (Lipinski definition) is 6. The van der Waals surface area contributed by atoms with E-state index in [1.54, 1.807) is 6.20 Å². The Hall–Kier alpha value is -3.37. The van der Waals surface area contributed by atoms with Crippen molar-refractivity contribution in [1.82, 2.24) is 19.9 Å². The van der Waals surface area contributed by atoms with Crippen LogP contribution in [0.3, 0.4) is 0 Å². The molecule has 0 unspecified atom stereocenters. The summed E-state index contributed by atoms with van der Waals surface area (Å²) in [6, 6.07) is 11.7. The van der Waals surface area contributed by atoms with Crippen molar-refractivity contribution in [1.29, 1.82) is 0 Å².